The fourth-order valence-electron chi connectivity index (χ4n) is 3.04. The van der Waals surface area contributed by atoms with Crippen molar-refractivity contribution >= 4 is 23.0 Å². The first-order chi connectivity index (χ1) is 13.7. The lowest BCUT2D eigenvalue weighted by Crippen LogP contribution is -1.85. The van der Waals surface area contributed by atoms with Gasteiger partial charge >= 0.3 is 0 Å². The van der Waals surface area contributed by atoms with Crippen molar-refractivity contribution in [1.29, 1.82) is 5.26 Å². The SMILES string of the molecule is Cc1ccccc1/C=C(/C#N)c1nc(-c2ccc(-c3ccccc3)cc2)cs1. The molecule has 0 unspecified atom stereocenters. The second-order valence-corrected chi connectivity index (χ2v) is 7.37. The van der Waals surface area contributed by atoms with Crippen molar-refractivity contribution in [2.24, 2.45) is 0 Å². The maximum atomic E-state index is 9.62. The van der Waals surface area contributed by atoms with Crippen LogP contribution in [0.1, 0.15) is 16.1 Å². The molecule has 4 rings (SSSR count). The second-order valence-electron chi connectivity index (χ2n) is 6.51. The van der Waals surface area contributed by atoms with Gasteiger partial charge < -0.3 is 0 Å². The Morgan fingerprint density at radius 1 is 0.857 bits per heavy atom. The van der Waals surface area contributed by atoms with Crippen LogP contribution in [0.2, 0.25) is 0 Å². The molecule has 0 aliphatic carbocycles. The van der Waals surface area contributed by atoms with E-state index in [0.717, 1.165) is 27.4 Å². The Labute approximate surface area is 169 Å². The van der Waals surface area contributed by atoms with Gasteiger partial charge in [0, 0.05) is 10.9 Å². The lowest BCUT2D eigenvalue weighted by atomic mass is 10.0. The van der Waals surface area contributed by atoms with Gasteiger partial charge in [-0.2, -0.15) is 5.26 Å². The molecule has 1 aromatic heterocycles. The summed E-state index contributed by atoms with van der Waals surface area (Å²) in [6, 6.07) is 29.0. The van der Waals surface area contributed by atoms with Crippen molar-refractivity contribution in [3.8, 4) is 28.5 Å². The van der Waals surface area contributed by atoms with Crippen LogP contribution in [0.15, 0.2) is 84.2 Å². The Morgan fingerprint density at radius 2 is 1.50 bits per heavy atom. The molecule has 0 N–H and O–H groups in total. The van der Waals surface area contributed by atoms with Crippen LogP contribution in [-0.2, 0) is 0 Å². The van der Waals surface area contributed by atoms with Gasteiger partial charge in [-0.15, -0.1) is 11.3 Å². The molecule has 0 bridgehead atoms. The maximum absolute atomic E-state index is 9.62. The largest absolute Gasteiger partial charge is 0.235 e. The lowest BCUT2D eigenvalue weighted by Gasteiger charge is -2.03. The third-order valence-electron chi connectivity index (χ3n) is 4.63. The quantitative estimate of drug-likeness (QED) is 0.364. The van der Waals surface area contributed by atoms with Gasteiger partial charge in [-0.05, 0) is 35.3 Å². The van der Waals surface area contributed by atoms with Crippen LogP contribution in [-0.4, -0.2) is 4.98 Å². The number of hydrogen-bond donors (Lipinski definition) is 0. The monoisotopic (exact) mass is 378 g/mol. The van der Waals surface area contributed by atoms with Crippen molar-refractivity contribution in [2.75, 3.05) is 0 Å². The molecule has 0 radical (unpaired) electrons. The summed E-state index contributed by atoms with van der Waals surface area (Å²) in [5, 5.41) is 12.4. The highest BCUT2D eigenvalue weighted by Crippen LogP contribution is 2.29. The van der Waals surface area contributed by atoms with Crippen molar-refractivity contribution in [3.05, 3.63) is 100 Å². The molecule has 0 aliphatic heterocycles. The second kappa shape index (κ2) is 8.04. The molecule has 3 heteroatoms. The van der Waals surface area contributed by atoms with E-state index in [1.165, 1.54) is 22.5 Å². The molecule has 0 saturated carbocycles. The van der Waals surface area contributed by atoms with Gasteiger partial charge in [0.2, 0.25) is 0 Å². The van der Waals surface area contributed by atoms with E-state index in [-0.39, 0.29) is 0 Å². The highest BCUT2D eigenvalue weighted by atomic mass is 32.1. The molecule has 0 spiro atoms. The van der Waals surface area contributed by atoms with Crippen molar-refractivity contribution < 1.29 is 0 Å². The summed E-state index contributed by atoms with van der Waals surface area (Å²) >= 11 is 1.50. The van der Waals surface area contributed by atoms with Crippen LogP contribution in [0.3, 0.4) is 0 Å². The molecule has 1 heterocycles. The minimum absolute atomic E-state index is 0.589. The van der Waals surface area contributed by atoms with Crippen LogP contribution in [0.25, 0.3) is 34.0 Å². The summed E-state index contributed by atoms with van der Waals surface area (Å²) in [4.78, 5) is 4.71. The number of aromatic nitrogens is 1. The first kappa shape index (κ1) is 17.9. The molecule has 0 fully saturated rings. The van der Waals surface area contributed by atoms with E-state index in [9.17, 15) is 5.26 Å². The molecule has 4 aromatic rings. The zero-order valence-electron chi connectivity index (χ0n) is 15.5. The van der Waals surface area contributed by atoms with Gasteiger partial charge in [0.05, 0.1) is 11.3 Å². The third kappa shape index (κ3) is 3.78. The van der Waals surface area contributed by atoms with E-state index in [1.54, 1.807) is 0 Å². The van der Waals surface area contributed by atoms with Gasteiger partial charge in [-0.25, -0.2) is 4.98 Å². The smallest absolute Gasteiger partial charge is 0.134 e. The number of rotatable bonds is 4. The fourth-order valence-corrected chi connectivity index (χ4v) is 3.83. The zero-order valence-corrected chi connectivity index (χ0v) is 16.3. The highest BCUT2D eigenvalue weighted by molar-refractivity contribution is 7.11. The Kier molecular flexibility index (Phi) is 5.14. The molecule has 3 aromatic carbocycles. The van der Waals surface area contributed by atoms with Gasteiger partial charge in [0.1, 0.15) is 11.1 Å². The molecule has 0 atom stereocenters. The molecule has 0 amide bonds. The van der Waals surface area contributed by atoms with E-state index < -0.39 is 0 Å². The molecule has 0 saturated heterocycles. The van der Waals surface area contributed by atoms with Crippen molar-refractivity contribution in [1.82, 2.24) is 4.98 Å². The van der Waals surface area contributed by atoms with Crippen molar-refractivity contribution in [3.63, 3.8) is 0 Å². The molecule has 0 aliphatic rings. The third-order valence-corrected chi connectivity index (χ3v) is 5.51. The number of hydrogen-bond acceptors (Lipinski definition) is 3. The minimum Gasteiger partial charge on any atom is -0.235 e. The predicted molar refractivity (Wildman–Crippen MR) is 118 cm³/mol. The van der Waals surface area contributed by atoms with Gasteiger partial charge in [0.15, 0.2) is 0 Å². The highest BCUT2D eigenvalue weighted by Gasteiger charge is 2.10. The Morgan fingerprint density at radius 3 is 2.21 bits per heavy atom. The maximum Gasteiger partial charge on any atom is 0.134 e. The standard InChI is InChI=1S/C25H18N2S/c1-18-7-5-6-10-22(18)15-23(16-26)25-27-24(17-28-25)21-13-11-20(12-14-21)19-8-3-2-4-9-19/h2-15,17H,1H3/b23-15-. The zero-order chi connectivity index (χ0) is 19.3. The molecular formula is C25H18N2S. The van der Waals surface area contributed by atoms with Crippen LogP contribution in [0, 0.1) is 18.3 Å². The van der Waals surface area contributed by atoms with Crippen LogP contribution in [0.4, 0.5) is 0 Å². The number of thiazole rings is 1. The first-order valence-electron chi connectivity index (χ1n) is 9.04. The Balaban J connectivity index is 1.62. The summed E-state index contributed by atoms with van der Waals surface area (Å²) in [6.45, 7) is 2.04. The number of aryl methyl sites for hydroxylation is 1. The van der Waals surface area contributed by atoms with Crippen LogP contribution >= 0.6 is 11.3 Å². The minimum atomic E-state index is 0.589. The van der Waals surface area contributed by atoms with Gasteiger partial charge in [-0.3, -0.25) is 0 Å². The van der Waals surface area contributed by atoms with E-state index in [0.29, 0.717) is 5.57 Å². The van der Waals surface area contributed by atoms with E-state index in [1.807, 2.05) is 60.8 Å². The van der Waals surface area contributed by atoms with Crippen LogP contribution in [0.5, 0.6) is 0 Å². The summed E-state index contributed by atoms with van der Waals surface area (Å²) in [6.07, 6.45) is 1.91. The average Bonchev–Trinajstić information content (AvgIpc) is 3.24. The van der Waals surface area contributed by atoms with Gasteiger partial charge in [0.25, 0.3) is 0 Å². The first-order valence-corrected chi connectivity index (χ1v) is 9.92. The number of allylic oxidation sites excluding steroid dienone is 1. The number of nitrogens with zero attached hydrogens (tertiary/aromatic N) is 2. The molecule has 134 valence electrons. The number of nitriles is 1. The summed E-state index contributed by atoms with van der Waals surface area (Å²) in [5.74, 6) is 0. The summed E-state index contributed by atoms with van der Waals surface area (Å²) in [7, 11) is 0. The van der Waals surface area contributed by atoms with E-state index >= 15 is 0 Å². The summed E-state index contributed by atoms with van der Waals surface area (Å²) in [5.41, 5.74) is 7.09. The lowest BCUT2D eigenvalue weighted by molar-refractivity contribution is 1.37. The molecule has 2 nitrogen and oxygen atoms in total. The van der Waals surface area contributed by atoms with Crippen LogP contribution < -0.4 is 0 Å². The van der Waals surface area contributed by atoms with E-state index in [2.05, 4.69) is 42.5 Å². The molecular weight excluding hydrogens is 360 g/mol. The average molecular weight is 378 g/mol. The van der Waals surface area contributed by atoms with Crippen molar-refractivity contribution in [2.45, 2.75) is 6.92 Å². The van der Waals surface area contributed by atoms with E-state index in [4.69, 9.17) is 4.98 Å². The Bertz CT molecular complexity index is 1160. The topological polar surface area (TPSA) is 36.7 Å². The number of benzene rings is 3. The Hall–Kier alpha value is -3.48. The summed E-state index contributed by atoms with van der Waals surface area (Å²) < 4.78 is 0. The molecule has 28 heavy (non-hydrogen) atoms. The van der Waals surface area contributed by atoms with Gasteiger partial charge in [-0.1, -0.05) is 78.9 Å². The normalized spacial score (nSPS) is 11.2. The fraction of sp³-hybridized carbons (Fsp3) is 0.0400. The predicted octanol–water partition coefficient (Wildman–Crippen LogP) is 6.85.